The molecule has 0 radical (unpaired) electrons. The zero-order chi connectivity index (χ0) is 14.4. The molecule has 0 aliphatic heterocycles. The van der Waals surface area contributed by atoms with Crippen molar-refractivity contribution in [3.8, 4) is 11.5 Å². The molecule has 5 nitrogen and oxygen atoms in total. The lowest BCUT2D eigenvalue weighted by Gasteiger charge is -2.20. The highest BCUT2D eigenvalue weighted by atomic mass is 16.5. The van der Waals surface area contributed by atoms with Gasteiger partial charge in [0.05, 0.1) is 20.1 Å². The van der Waals surface area contributed by atoms with Crippen molar-refractivity contribution >= 4 is 5.97 Å². The quantitative estimate of drug-likeness (QED) is 0.817. The number of hydrogen-bond donors (Lipinski definition) is 1. The molecule has 1 unspecified atom stereocenters. The van der Waals surface area contributed by atoms with Crippen LogP contribution in [0.15, 0.2) is 18.2 Å². The summed E-state index contributed by atoms with van der Waals surface area (Å²) in [6.07, 6.45) is 0. The summed E-state index contributed by atoms with van der Waals surface area (Å²) in [5, 5.41) is 8.90. The number of carboxylic acid groups (broad SMARTS) is 1. The third-order valence-corrected chi connectivity index (χ3v) is 2.94. The number of rotatable bonds is 7. The average molecular weight is 267 g/mol. The van der Waals surface area contributed by atoms with Crippen LogP contribution in [0.3, 0.4) is 0 Å². The normalized spacial score (nSPS) is 12.3. The Hall–Kier alpha value is -1.75. The highest BCUT2D eigenvalue weighted by Gasteiger charge is 2.15. The number of carbonyl (C=O) groups is 1. The summed E-state index contributed by atoms with van der Waals surface area (Å²) in [6, 6.07) is 5.62. The van der Waals surface area contributed by atoms with E-state index >= 15 is 0 Å². The molecule has 1 aromatic carbocycles. The molecule has 0 saturated heterocycles. The molecule has 0 aliphatic rings. The number of carboxylic acids is 1. The van der Waals surface area contributed by atoms with Crippen molar-refractivity contribution in [2.45, 2.75) is 13.5 Å². The summed E-state index contributed by atoms with van der Waals surface area (Å²) in [5.74, 6) is 0.305. The Morgan fingerprint density at radius 1 is 1.37 bits per heavy atom. The largest absolute Gasteiger partial charge is 0.497 e. The number of ether oxygens (including phenoxy) is 2. The van der Waals surface area contributed by atoms with Crippen molar-refractivity contribution < 1.29 is 19.4 Å². The average Bonchev–Trinajstić information content (AvgIpc) is 2.38. The number of methoxy groups -OCH3 is 2. The molecule has 0 aromatic heterocycles. The van der Waals surface area contributed by atoms with Gasteiger partial charge in [-0.05, 0) is 13.1 Å². The van der Waals surface area contributed by atoms with Gasteiger partial charge in [-0.2, -0.15) is 0 Å². The topological polar surface area (TPSA) is 59.0 Å². The van der Waals surface area contributed by atoms with Crippen molar-refractivity contribution in [2.75, 3.05) is 27.8 Å². The summed E-state index contributed by atoms with van der Waals surface area (Å²) in [6.45, 7) is 2.82. The molecule has 1 N–H and O–H groups in total. The molecule has 19 heavy (non-hydrogen) atoms. The van der Waals surface area contributed by atoms with Crippen LogP contribution >= 0.6 is 0 Å². The summed E-state index contributed by atoms with van der Waals surface area (Å²) >= 11 is 0. The maximum atomic E-state index is 10.8. The van der Waals surface area contributed by atoms with E-state index in [0.717, 1.165) is 17.1 Å². The van der Waals surface area contributed by atoms with E-state index in [2.05, 4.69) is 0 Å². The lowest BCUT2D eigenvalue weighted by Crippen LogP contribution is -2.28. The molecule has 0 amide bonds. The van der Waals surface area contributed by atoms with E-state index in [0.29, 0.717) is 13.1 Å². The first kappa shape index (κ1) is 15.3. The second kappa shape index (κ2) is 6.99. The predicted octanol–water partition coefficient (Wildman–Crippen LogP) is 1.86. The van der Waals surface area contributed by atoms with Gasteiger partial charge in [-0.15, -0.1) is 0 Å². The van der Waals surface area contributed by atoms with Crippen molar-refractivity contribution in [1.29, 1.82) is 0 Å². The minimum absolute atomic E-state index is 0.394. The summed E-state index contributed by atoms with van der Waals surface area (Å²) < 4.78 is 10.5. The van der Waals surface area contributed by atoms with Crippen LogP contribution in [0.25, 0.3) is 0 Å². The van der Waals surface area contributed by atoms with Gasteiger partial charge in [0.1, 0.15) is 11.5 Å². The zero-order valence-electron chi connectivity index (χ0n) is 11.8. The summed E-state index contributed by atoms with van der Waals surface area (Å²) in [7, 11) is 5.11. The fourth-order valence-corrected chi connectivity index (χ4v) is 1.88. The van der Waals surface area contributed by atoms with Crippen LogP contribution in [-0.2, 0) is 11.3 Å². The van der Waals surface area contributed by atoms with Crippen LogP contribution in [0.5, 0.6) is 11.5 Å². The van der Waals surface area contributed by atoms with Gasteiger partial charge in [0.2, 0.25) is 0 Å². The third-order valence-electron chi connectivity index (χ3n) is 2.94. The van der Waals surface area contributed by atoms with Gasteiger partial charge < -0.3 is 19.5 Å². The lowest BCUT2D eigenvalue weighted by atomic mass is 10.1. The van der Waals surface area contributed by atoms with E-state index in [-0.39, 0.29) is 0 Å². The molecule has 0 bridgehead atoms. The van der Waals surface area contributed by atoms with Gasteiger partial charge >= 0.3 is 5.97 Å². The Morgan fingerprint density at radius 2 is 2.05 bits per heavy atom. The monoisotopic (exact) mass is 267 g/mol. The van der Waals surface area contributed by atoms with Gasteiger partial charge in [0.25, 0.3) is 0 Å². The van der Waals surface area contributed by atoms with Gasteiger partial charge in [0, 0.05) is 24.7 Å². The van der Waals surface area contributed by atoms with Crippen molar-refractivity contribution in [3.63, 3.8) is 0 Å². The number of aliphatic carboxylic acids is 1. The Morgan fingerprint density at radius 3 is 2.58 bits per heavy atom. The maximum Gasteiger partial charge on any atom is 0.307 e. The second-order valence-electron chi connectivity index (χ2n) is 4.61. The Labute approximate surface area is 113 Å². The van der Waals surface area contributed by atoms with Gasteiger partial charge in [-0.25, -0.2) is 0 Å². The Bertz CT molecular complexity index is 433. The van der Waals surface area contributed by atoms with Crippen LogP contribution in [0, 0.1) is 5.92 Å². The molecule has 0 saturated carbocycles. The smallest absolute Gasteiger partial charge is 0.307 e. The minimum Gasteiger partial charge on any atom is -0.497 e. The van der Waals surface area contributed by atoms with E-state index in [4.69, 9.17) is 14.6 Å². The molecule has 1 rings (SSSR count). The standard InChI is InChI=1S/C14H21NO4/c1-10(14(16)17)8-15(2)9-11-5-6-12(18-3)7-13(11)19-4/h5-7,10H,8-9H2,1-4H3,(H,16,17). The van der Waals surface area contributed by atoms with Crippen LogP contribution in [0.1, 0.15) is 12.5 Å². The van der Waals surface area contributed by atoms with E-state index < -0.39 is 11.9 Å². The van der Waals surface area contributed by atoms with E-state index in [9.17, 15) is 4.79 Å². The first-order valence-corrected chi connectivity index (χ1v) is 6.10. The predicted molar refractivity (Wildman–Crippen MR) is 72.7 cm³/mol. The minimum atomic E-state index is -0.784. The van der Waals surface area contributed by atoms with Crippen LogP contribution in [0.4, 0.5) is 0 Å². The molecule has 0 heterocycles. The molecule has 5 heteroatoms. The van der Waals surface area contributed by atoms with Gasteiger partial charge in [-0.3, -0.25) is 4.79 Å². The highest BCUT2D eigenvalue weighted by Crippen LogP contribution is 2.25. The summed E-state index contributed by atoms with van der Waals surface area (Å²) in [5.41, 5.74) is 1.00. The Balaban J connectivity index is 2.73. The number of benzene rings is 1. The highest BCUT2D eigenvalue weighted by molar-refractivity contribution is 5.69. The fourth-order valence-electron chi connectivity index (χ4n) is 1.88. The first-order chi connectivity index (χ1) is 8.97. The molecule has 106 valence electrons. The number of nitrogens with zero attached hydrogens (tertiary/aromatic N) is 1. The van der Waals surface area contributed by atoms with Gasteiger partial charge in [-0.1, -0.05) is 13.0 Å². The van der Waals surface area contributed by atoms with Gasteiger partial charge in [0.15, 0.2) is 0 Å². The third kappa shape index (κ3) is 4.44. The van der Waals surface area contributed by atoms with Crippen LogP contribution < -0.4 is 9.47 Å². The zero-order valence-corrected chi connectivity index (χ0v) is 11.8. The molecule has 0 spiro atoms. The van der Waals surface area contributed by atoms with Crippen LogP contribution in [0.2, 0.25) is 0 Å². The fraction of sp³-hybridized carbons (Fsp3) is 0.500. The van der Waals surface area contributed by atoms with E-state index in [1.54, 1.807) is 21.1 Å². The molecule has 0 fully saturated rings. The molecule has 1 atom stereocenters. The molecular formula is C14H21NO4. The van der Waals surface area contributed by atoms with Crippen molar-refractivity contribution in [3.05, 3.63) is 23.8 Å². The Kier molecular flexibility index (Phi) is 5.63. The van der Waals surface area contributed by atoms with Crippen LogP contribution in [-0.4, -0.2) is 43.8 Å². The number of hydrogen-bond acceptors (Lipinski definition) is 4. The van der Waals surface area contributed by atoms with Crippen molar-refractivity contribution in [1.82, 2.24) is 4.90 Å². The van der Waals surface area contributed by atoms with E-state index in [1.807, 2.05) is 30.1 Å². The second-order valence-corrected chi connectivity index (χ2v) is 4.61. The SMILES string of the molecule is COc1ccc(CN(C)CC(C)C(=O)O)c(OC)c1. The lowest BCUT2D eigenvalue weighted by molar-refractivity contribution is -0.141. The molecular weight excluding hydrogens is 246 g/mol. The molecule has 1 aromatic rings. The van der Waals surface area contributed by atoms with Crippen molar-refractivity contribution in [2.24, 2.45) is 5.92 Å². The first-order valence-electron chi connectivity index (χ1n) is 6.10. The molecule has 0 aliphatic carbocycles. The summed E-state index contributed by atoms with van der Waals surface area (Å²) in [4.78, 5) is 12.8. The maximum absolute atomic E-state index is 10.8. The van der Waals surface area contributed by atoms with E-state index in [1.165, 1.54) is 0 Å².